The molecule has 0 aliphatic heterocycles. The van der Waals surface area contributed by atoms with Crippen LogP contribution in [0.15, 0.2) is 29.4 Å². The van der Waals surface area contributed by atoms with Crippen molar-refractivity contribution in [3.05, 3.63) is 34.9 Å². The van der Waals surface area contributed by atoms with E-state index in [4.69, 9.17) is 16.4 Å². The summed E-state index contributed by atoms with van der Waals surface area (Å²) in [6.45, 7) is 2.62. The summed E-state index contributed by atoms with van der Waals surface area (Å²) in [7, 11) is 0. The lowest BCUT2D eigenvalue weighted by Crippen LogP contribution is -2.30. The zero-order chi connectivity index (χ0) is 16.8. The fraction of sp³-hybridized carbons (Fsp3) is 0.385. The van der Waals surface area contributed by atoms with Crippen LogP contribution in [0, 0.1) is 0 Å². The van der Waals surface area contributed by atoms with E-state index in [1.165, 1.54) is 18.2 Å². The molecule has 0 fully saturated rings. The minimum Gasteiger partial charge on any atom is -0.385 e. The van der Waals surface area contributed by atoms with Crippen molar-refractivity contribution in [2.75, 3.05) is 6.61 Å². The molecule has 1 aromatic carbocycles. The molecule has 1 rings (SSSR count). The maximum Gasteiger partial charge on any atom is 0.437 e. The van der Waals surface area contributed by atoms with Gasteiger partial charge in [-0.2, -0.15) is 13.2 Å². The van der Waals surface area contributed by atoms with Crippen LogP contribution in [0.1, 0.15) is 19.4 Å². The summed E-state index contributed by atoms with van der Waals surface area (Å²) < 4.78 is 38.8. The fourth-order valence-corrected chi connectivity index (χ4v) is 1.46. The van der Waals surface area contributed by atoms with E-state index < -0.39 is 24.4 Å². The maximum absolute atomic E-state index is 12.9. The van der Waals surface area contributed by atoms with Crippen LogP contribution in [0.5, 0.6) is 0 Å². The molecule has 9 heteroatoms. The Labute approximate surface area is 130 Å². The van der Waals surface area contributed by atoms with Gasteiger partial charge in [-0.3, -0.25) is 9.63 Å². The van der Waals surface area contributed by atoms with Gasteiger partial charge in [-0.05, 0) is 26.0 Å². The Morgan fingerprint density at radius 1 is 1.41 bits per heavy atom. The Morgan fingerprint density at radius 3 is 2.64 bits per heavy atom. The summed E-state index contributed by atoms with van der Waals surface area (Å²) in [6, 6.07) is 5.06. The first-order valence-corrected chi connectivity index (χ1v) is 6.55. The third-order valence-electron chi connectivity index (χ3n) is 2.13. The number of nitrogens with zero attached hydrogens (tertiary/aromatic N) is 1. The second-order valence-electron chi connectivity index (χ2n) is 4.41. The highest BCUT2D eigenvalue weighted by molar-refractivity contribution is 6.31. The molecule has 0 radical (unpaired) electrons. The van der Waals surface area contributed by atoms with Crippen molar-refractivity contribution in [2.24, 2.45) is 5.16 Å². The van der Waals surface area contributed by atoms with Crippen LogP contribution in [-0.4, -0.2) is 30.5 Å². The topological polar surface area (TPSA) is 59.9 Å². The Kier molecular flexibility index (Phi) is 6.63. The van der Waals surface area contributed by atoms with Crippen LogP contribution in [0.3, 0.4) is 0 Å². The Balaban J connectivity index is 2.76. The van der Waals surface area contributed by atoms with Crippen LogP contribution in [-0.2, 0) is 14.5 Å². The van der Waals surface area contributed by atoms with Gasteiger partial charge in [0.05, 0.1) is 6.10 Å². The van der Waals surface area contributed by atoms with Crippen LogP contribution >= 0.6 is 11.6 Å². The van der Waals surface area contributed by atoms with Crippen molar-refractivity contribution >= 4 is 23.2 Å². The number of alkyl halides is 3. The van der Waals surface area contributed by atoms with E-state index in [-0.39, 0.29) is 16.7 Å². The molecule has 0 aromatic heterocycles. The first-order valence-electron chi connectivity index (χ1n) is 6.17. The molecular weight excluding hydrogens is 325 g/mol. The zero-order valence-corrected chi connectivity index (χ0v) is 12.5. The predicted molar refractivity (Wildman–Crippen MR) is 74.4 cm³/mol. The van der Waals surface area contributed by atoms with Gasteiger partial charge < -0.3 is 4.84 Å². The van der Waals surface area contributed by atoms with Crippen LogP contribution < -0.4 is 5.48 Å². The largest absolute Gasteiger partial charge is 0.437 e. The number of nitrogens with one attached hydrogen (secondary N) is 1. The Hall–Kier alpha value is -1.80. The number of halogens is 4. The number of carbonyl (C=O) groups excluding carboxylic acids is 1. The van der Waals surface area contributed by atoms with E-state index in [9.17, 15) is 18.0 Å². The lowest BCUT2D eigenvalue weighted by atomic mass is 10.1. The van der Waals surface area contributed by atoms with Crippen molar-refractivity contribution in [3.8, 4) is 0 Å². The Bertz CT molecular complexity index is 548. The molecule has 5 nitrogen and oxygen atoms in total. The summed E-state index contributed by atoms with van der Waals surface area (Å²) in [5.41, 5.74) is 0.458. The number of rotatable bonds is 6. The van der Waals surface area contributed by atoms with Gasteiger partial charge in [0.25, 0.3) is 5.91 Å². The van der Waals surface area contributed by atoms with E-state index in [1.54, 1.807) is 13.8 Å². The number of carbonyl (C=O) groups is 1. The highest BCUT2D eigenvalue weighted by Crippen LogP contribution is 2.24. The molecule has 0 saturated carbocycles. The third kappa shape index (κ3) is 6.31. The molecule has 0 heterocycles. The van der Waals surface area contributed by atoms with E-state index in [0.717, 1.165) is 6.07 Å². The Morgan fingerprint density at radius 2 is 2.09 bits per heavy atom. The van der Waals surface area contributed by atoms with Crippen molar-refractivity contribution < 1.29 is 27.6 Å². The first kappa shape index (κ1) is 18.2. The van der Waals surface area contributed by atoms with Crippen molar-refractivity contribution in [3.63, 3.8) is 0 Å². The van der Waals surface area contributed by atoms with E-state index in [2.05, 4.69) is 9.99 Å². The third-order valence-corrected chi connectivity index (χ3v) is 2.36. The molecule has 0 atom stereocenters. The molecule has 0 saturated heterocycles. The summed E-state index contributed by atoms with van der Waals surface area (Å²) >= 11 is 5.65. The van der Waals surface area contributed by atoms with E-state index >= 15 is 0 Å². The number of benzene rings is 1. The van der Waals surface area contributed by atoms with Gasteiger partial charge in [-0.1, -0.05) is 28.9 Å². The lowest BCUT2D eigenvalue weighted by molar-refractivity contribution is -0.141. The minimum absolute atomic E-state index is 0.123. The second-order valence-corrected chi connectivity index (χ2v) is 4.85. The smallest absolute Gasteiger partial charge is 0.385 e. The minimum atomic E-state index is -4.75. The van der Waals surface area contributed by atoms with Crippen molar-refractivity contribution in [2.45, 2.75) is 26.1 Å². The predicted octanol–water partition coefficient (Wildman–Crippen LogP) is 3.08. The highest BCUT2D eigenvalue weighted by atomic mass is 35.5. The van der Waals surface area contributed by atoms with Gasteiger partial charge in [0, 0.05) is 10.6 Å². The van der Waals surface area contributed by atoms with Crippen LogP contribution in [0.25, 0.3) is 0 Å². The zero-order valence-electron chi connectivity index (χ0n) is 11.8. The molecular formula is C13H14ClF3N2O3. The SMILES string of the molecule is CC(C)ONC(=O)CON=C(c1cccc(Cl)c1)C(F)(F)F. The molecule has 22 heavy (non-hydrogen) atoms. The van der Waals surface area contributed by atoms with Gasteiger partial charge in [-0.15, -0.1) is 0 Å². The fourth-order valence-electron chi connectivity index (χ4n) is 1.27. The maximum atomic E-state index is 12.9. The molecule has 0 aliphatic carbocycles. The molecule has 1 N–H and O–H groups in total. The molecule has 0 spiro atoms. The highest BCUT2D eigenvalue weighted by Gasteiger charge is 2.38. The van der Waals surface area contributed by atoms with Crippen LogP contribution in [0.4, 0.5) is 13.2 Å². The van der Waals surface area contributed by atoms with Gasteiger partial charge >= 0.3 is 6.18 Å². The van der Waals surface area contributed by atoms with Crippen molar-refractivity contribution in [1.82, 2.24) is 5.48 Å². The quantitative estimate of drug-likeness (QED) is 0.640. The monoisotopic (exact) mass is 338 g/mol. The molecule has 0 bridgehead atoms. The summed E-state index contributed by atoms with van der Waals surface area (Å²) in [4.78, 5) is 20.4. The number of hydroxylamine groups is 1. The first-order chi connectivity index (χ1) is 10.2. The van der Waals surface area contributed by atoms with Gasteiger partial charge in [0.1, 0.15) is 0 Å². The van der Waals surface area contributed by atoms with Gasteiger partial charge in [0.15, 0.2) is 12.3 Å². The lowest BCUT2D eigenvalue weighted by Gasteiger charge is -2.11. The number of oxime groups is 1. The second kappa shape index (κ2) is 8.00. The number of hydrogen-bond donors (Lipinski definition) is 1. The number of amides is 1. The standard InChI is InChI=1S/C13H14ClF3N2O3/c1-8(2)22-18-11(20)7-21-19-12(13(15,16)17)9-4-3-5-10(14)6-9/h3-6,8H,7H2,1-2H3,(H,18,20). The van der Waals surface area contributed by atoms with Crippen molar-refractivity contribution in [1.29, 1.82) is 0 Å². The average Bonchev–Trinajstić information content (AvgIpc) is 2.39. The molecule has 122 valence electrons. The van der Waals surface area contributed by atoms with Gasteiger partial charge in [-0.25, -0.2) is 5.48 Å². The van der Waals surface area contributed by atoms with E-state index in [1.807, 2.05) is 5.48 Å². The average molecular weight is 339 g/mol. The normalized spacial score (nSPS) is 12.4. The summed E-state index contributed by atoms with van der Waals surface area (Å²) in [5.74, 6) is -0.759. The molecule has 0 aliphatic rings. The molecule has 1 aromatic rings. The van der Waals surface area contributed by atoms with Gasteiger partial charge in [0.2, 0.25) is 0 Å². The summed E-state index contributed by atoms with van der Waals surface area (Å²) in [5, 5.41) is 3.11. The summed E-state index contributed by atoms with van der Waals surface area (Å²) in [6.07, 6.45) is -5.03. The number of hydrogen-bond acceptors (Lipinski definition) is 4. The van der Waals surface area contributed by atoms with E-state index in [0.29, 0.717) is 0 Å². The van der Waals surface area contributed by atoms with Crippen LogP contribution in [0.2, 0.25) is 5.02 Å². The molecule has 1 amide bonds. The molecule has 0 unspecified atom stereocenters.